The second-order valence-corrected chi connectivity index (χ2v) is 7.40. The lowest BCUT2D eigenvalue weighted by molar-refractivity contribution is -0.143. The summed E-state index contributed by atoms with van der Waals surface area (Å²) in [6.07, 6.45) is -4.21. The average Bonchev–Trinajstić information content (AvgIpc) is 3.13. The predicted molar refractivity (Wildman–Crippen MR) is 98.2 cm³/mol. The number of halogens is 4. The van der Waals surface area contributed by atoms with Crippen LogP contribution in [-0.4, -0.2) is 50.8 Å². The van der Waals surface area contributed by atoms with Crippen LogP contribution in [0.4, 0.5) is 17.6 Å². The summed E-state index contributed by atoms with van der Waals surface area (Å²) in [6, 6.07) is 4.20. The highest BCUT2D eigenvalue weighted by atomic mass is 19.4. The van der Waals surface area contributed by atoms with Crippen molar-refractivity contribution in [3.8, 4) is 5.69 Å². The molecule has 0 radical (unpaired) electrons. The van der Waals surface area contributed by atoms with E-state index < -0.39 is 29.3 Å². The van der Waals surface area contributed by atoms with E-state index in [1.807, 2.05) is 13.8 Å². The third kappa shape index (κ3) is 4.60. The Morgan fingerprint density at radius 3 is 2.27 bits per heavy atom. The molecule has 1 aliphatic heterocycles. The summed E-state index contributed by atoms with van der Waals surface area (Å²) in [5.41, 5.74) is -2.21. The molecular weight excluding hydrogens is 406 g/mol. The number of carbonyl (C=O) groups is 2. The van der Waals surface area contributed by atoms with E-state index in [9.17, 15) is 27.2 Å². The number of carbonyl (C=O) groups excluding carboxylic acids is 2. The van der Waals surface area contributed by atoms with Crippen molar-refractivity contribution in [2.24, 2.45) is 5.92 Å². The summed E-state index contributed by atoms with van der Waals surface area (Å²) in [6.45, 7) is 3.94. The van der Waals surface area contributed by atoms with E-state index in [2.05, 4.69) is 15.6 Å². The van der Waals surface area contributed by atoms with Crippen LogP contribution in [0.25, 0.3) is 5.69 Å². The van der Waals surface area contributed by atoms with Crippen LogP contribution in [0.1, 0.15) is 42.9 Å². The predicted octanol–water partition coefficient (Wildman–Crippen LogP) is 2.80. The Labute approximate surface area is 170 Å². The zero-order valence-corrected chi connectivity index (χ0v) is 16.4. The van der Waals surface area contributed by atoms with Crippen LogP contribution >= 0.6 is 0 Å². The molecule has 0 aliphatic carbocycles. The molecule has 0 saturated carbocycles. The number of nitrogens with zero attached hydrogens (tertiary/aromatic N) is 4. The lowest BCUT2D eigenvalue weighted by Crippen LogP contribution is -2.44. The molecule has 1 aromatic heterocycles. The van der Waals surface area contributed by atoms with Gasteiger partial charge in [-0.2, -0.15) is 13.2 Å². The Balaban J connectivity index is 1.82. The number of amides is 2. The molecule has 1 saturated heterocycles. The first-order chi connectivity index (χ1) is 14.1. The fourth-order valence-electron chi connectivity index (χ4n) is 3.34. The van der Waals surface area contributed by atoms with Gasteiger partial charge in [0.05, 0.1) is 5.69 Å². The molecule has 2 heterocycles. The van der Waals surface area contributed by atoms with Crippen molar-refractivity contribution in [3.05, 3.63) is 41.5 Å². The highest BCUT2D eigenvalue weighted by molar-refractivity contribution is 5.94. The molecule has 1 aliphatic rings. The largest absolute Gasteiger partial charge is 0.435 e. The Morgan fingerprint density at radius 1 is 1.13 bits per heavy atom. The van der Waals surface area contributed by atoms with Crippen molar-refractivity contribution in [2.75, 3.05) is 13.1 Å². The summed E-state index contributed by atoms with van der Waals surface area (Å²) >= 11 is 0. The highest BCUT2D eigenvalue weighted by Gasteiger charge is 2.43. The molecule has 3 rings (SSSR count). The topological polar surface area (TPSA) is 80.1 Å². The van der Waals surface area contributed by atoms with Gasteiger partial charge in [0.1, 0.15) is 5.82 Å². The van der Waals surface area contributed by atoms with Gasteiger partial charge in [-0.3, -0.25) is 9.59 Å². The van der Waals surface area contributed by atoms with Crippen LogP contribution in [0, 0.1) is 11.7 Å². The number of rotatable bonds is 4. The Morgan fingerprint density at radius 2 is 1.73 bits per heavy atom. The average molecular weight is 427 g/mol. The van der Waals surface area contributed by atoms with Crippen molar-refractivity contribution < 1.29 is 27.2 Å². The Hall–Kier alpha value is -2.98. The second-order valence-electron chi connectivity index (χ2n) is 7.40. The van der Waals surface area contributed by atoms with Gasteiger partial charge >= 0.3 is 6.18 Å². The van der Waals surface area contributed by atoms with Crippen LogP contribution in [0.2, 0.25) is 0 Å². The maximum atomic E-state index is 13.7. The molecule has 1 fully saturated rings. The normalized spacial score (nSPS) is 15.5. The minimum absolute atomic E-state index is 0.0204. The standard InChI is InChI=1S/C19H21F4N5O2/c1-11(2)24-17(29)12-7-9-27(10-8-12)18(30)15-16(19(21,22)23)28(26-25-15)14-5-3-13(20)4-6-14/h3-6,11-12H,7-10H2,1-2H3,(H,24,29). The van der Waals surface area contributed by atoms with Gasteiger partial charge in [-0.1, -0.05) is 5.21 Å². The van der Waals surface area contributed by atoms with Gasteiger partial charge in [0.2, 0.25) is 5.91 Å². The maximum absolute atomic E-state index is 13.7. The second kappa shape index (κ2) is 8.41. The van der Waals surface area contributed by atoms with Crippen LogP contribution < -0.4 is 5.32 Å². The molecule has 11 heteroatoms. The minimum Gasteiger partial charge on any atom is -0.354 e. The van der Waals surface area contributed by atoms with E-state index in [1.54, 1.807) is 0 Å². The third-order valence-electron chi connectivity index (χ3n) is 4.80. The highest BCUT2D eigenvalue weighted by Crippen LogP contribution is 2.33. The maximum Gasteiger partial charge on any atom is 0.435 e. The number of hydrogen-bond donors (Lipinski definition) is 1. The summed E-state index contributed by atoms with van der Waals surface area (Å²) in [5, 5.41) is 9.76. The van der Waals surface area contributed by atoms with Gasteiger partial charge in [-0.25, -0.2) is 9.07 Å². The zero-order valence-electron chi connectivity index (χ0n) is 16.4. The minimum atomic E-state index is -4.90. The Kier molecular flexibility index (Phi) is 6.09. The van der Waals surface area contributed by atoms with E-state index in [4.69, 9.17) is 0 Å². The van der Waals surface area contributed by atoms with Gasteiger partial charge < -0.3 is 10.2 Å². The number of piperidine rings is 1. The molecule has 0 unspecified atom stereocenters. The fraction of sp³-hybridized carbons (Fsp3) is 0.474. The molecule has 0 spiro atoms. The van der Waals surface area contributed by atoms with Gasteiger partial charge in [0, 0.05) is 25.0 Å². The van der Waals surface area contributed by atoms with Crippen molar-refractivity contribution in [3.63, 3.8) is 0 Å². The number of alkyl halides is 3. The van der Waals surface area contributed by atoms with Crippen LogP contribution in [0.3, 0.4) is 0 Å². The number of nitrogens with one attached hydrogen (secondary N) is 1. The van der Waals surface area contributed by atoms with Gasteiger partial charge in [0.15, 0.2) is 11.4 Å². The molecule has 1 aromatic carbocycles. The van der Waals surface area contributed by atoms with Gasteiger partial charge in [0.25, 0.3) is 5.91 Å². The molecule has 2 aromatic rings. The monoisotopic (exact) mass is 427 g/mol. The molecular formula is C19H21F4N5O2. The number of hydrogen-bond acceptors (Lipinski definition) is 4. The summed E-state index contributed by atoms with van der Waals surface area (Å²) in [4.78, 5) is 26.1. The van der Waals surface area contributed by atoms with E-state index in [0.717, 1.165) is 24.3 Å². The molecule has 0 bridgehead atoms. The van der Waals surface area contributed by atoms with Gasteiger partial charge in [-0.05, 0) is 51.0 Å². The summed E-state index contributed by atoms with van der Waals surface area (Å²) < 4.78 is 54.8. The molecule has 162 valence electrons. The summed E-state index contributed by atoms with van der Waals surface area (Å²) in [5.74, 6) is -1.95. The fourth-order valence-corrected chi connectivity index (χ4v) is 3.34. The number of benzene rings is 1. The lowest BCUT2D eigenvalue weighted by Gasteiger charge is -2.31. The molecule has 2 amide bonds. The molecule has 0 atom stereocenters. The molecule has 30 heavy (non-hydrogen) atoms. The first-order valence-electron chi connectivity index (χ1n) is 9.46. The quantitative estimate of drug-likeness (QED) is 0.761. The smallest absolute Gasteiger partial charge is 0.354 e. The van der Waals surface area contributed by atoms with E-state index in [0.29, 0.717) is 17.5 Å². The first kappa shape index (κ1) is 21.7. The van der Waals surface area contributed by atoms with Crippen molar-refractivity contribution >= 4 is 11.8 Å². The third-order valence-corrected chi connectivity index (χ3v) is 4.80. The number of likely N-dealkylation sites (tertiary alicyclic amines) is 1. The zero-order chi connectivity index (χ0) is 22.1. The van der Waals surface area contributed by atoms with Gasteiger partial charge in [-0.15, -0.1) is 5.10 Å². The number of aromatic nitrogens is 3. The Bertz CT molecular complexity index is 916. The van der Waals surface area contributed by atoms with Crippen LogP contribution in [0.5, 0.6) is 0 Å². The van der Waals surface area contributed by atoms with Crippen molar-refractivity contribution in [1.29, 1.82) is 0 Å². The molecule has 1 N–H and O–H groups in total. The lowest BCUT2D eigenvalue weighted by atomic mass is 9.95. The van der Waals surface area contributed by atoms with E-state index in [1.165, 1.54) is 4.90 Å². The van der Waals surface area contributed by atoms with Crippen molar-refractivity contribution in [1.82, 2.24) is 25.2 Å². The van der Waals surface area contributed by atoms with Crippen molar-refractivity contribution in [2.45, 2.75) is 38.9 Å². The first-order valence-corrected chi connectivity index (χ1v) is 9.46. The van der Waals surface area contributed by atoms with Crippen LogP contribution in [0.15, 0.2) is 24.3 Å². The van der Waals surface area contributed by atoms with E-state index in [-0.39, 0.29) is 36.6 Å². The molecule has 7 nitrogen and oxygen atoms in total. The SMILES string of the molecule is CC(C)NC(=O)C1CCN(C(=O)c2nnn(-c3ccc(F)cc3)c2C(F)(F)F)CC1. The summed E-state index contributed by atoms with van der Waals surface area (Å²) in [7, 11) is 0. The van der Waals surface area contributed by atoms with E-state index >= 15 is 0 Å². The van der Waals surface area contributed by atoms with Crippen LogP contribution in [-0.2, 0) is 11.0 Å².